The molecule has 0 aliphatic carbocycles. The predicted molar refractivity (Wildman–Crippen MR) is 99.4 cm³/mol. The molecule has 0 saturated heterocycles. The highest BCUT2D eigenvalue weighted by molar-refractivity contribution is 7.91. The molecule has 1 aliphatic rings. The average Bonchev–Trinajstić information content (AvgIpc) is 2.56. The number of para-hydroxylation sites is 1. The lowest BCUT2D eigenvalue weighted by atomic mass is 10.2. The van der Waals surface area contributed by atoms with E-state index in [0.29, 0.717) is 12.2 Å². The van der Waals surface area contributed by atoms with Gasteiger partial charge in [-0.25, -0.2) is 13.4 Å². The summed E-state index contributed by atoms with van der Waals surface area (Å²) in [6.07, 6.45) is 0.513. The Bertz CT molecular complexity index is 805. The van der Waals surface area contributed by atoms with E-state index in [1.807, 2.05) is 0 Å². The van der Waals surface area contributed by atoms with Gasteiger partial charge in [0.25, 0.3) is 0 Å². The molecule has 0 bridgehead atoms. The Hall–Kier alpha value is -2.33. The second kappa shape index (κ2) is 7.92. The van der Waals surface area contributed by atoms with E-state index in [1.54, 1.807) is 45.0 Å². The molecule has 0 amide bonds. The molecule has 1 aromatic carbocycles. The van der Waals surface area contributed by atoms with E-state index in [1.165, 1.54) is 5.06 Å². The van der Waals surface area contributed by atoms with E-state index in [2.05, 4.69) is 9.98 Å². The number of nitrogens with zero attached hydrogens (tertiary/aromatic N) is 3. The summed E-state index contributed by atoms with van der Waals surface area (Å²) in [5.74, 6) is 0.585. The predicted octanol–water partition coefficient (Wildman–Crippen LogP) is 0.862. The molecule has 1 heterocycles. The van der Waals surface area contributed by atoms with Gasteiger partial charge in [0.15, 0.2) is 15.5 Å². The van der Waals surface area contributed by atoms with Gasteiger partial charge in [0.1, 0.15) is 10.6 Å². The fraction of sp³-hybridized carbons (Fsp3) is 0.500. The molecule has 0 fully saturated rings. The molecule has 10 heteroatoms. The van der Waals surface area contributed by atoms with Crippen molar-refractivity contribution in [3.63, 3.8) is 0 Å². The minimum atomic E-state index is -3.34. The first-order valence-corrected chi connectivity index (χ1v) is 9.90. The highest BCUT2D eigenvalue weighted by Gasteiger charge is 2.32. The molecule has 26 heavy (non-hydrogen) atoms. The molecule has 0 saturated carbocycles. The number of benzene rings is 1. The molecule has 0 atom stereocenters. The van der Waals surface area contributed by atoms with Gasteiger partial charge in [-0.2, -0.15) is 10.1 Å². The number of hydrogen-bond donors (Lipinski definition) is 2. The lowest BCUT2D eigenvalue weighted by molar-refractivity contribution is -0.158. The molecular weight excluding hydrogens is 358 g/mol. The molecule has 0 unspecified atom stereocenters. The first-order chi connectivity index (χ1) is 12.2. The molecule has 1 aromatic rings. The lowest BCUT2D eigenvalue weighted by Crippen LogP contribution is -2.53. The maximum Gasteiger partial charge on any atom is 0.226 e. The molecule has 0 spiro atoms. The first-order valence-electron chi connectivity index (χ1n) is 8.24. The van der Waals surface area contributed by atoms with Gasteiger partial charge in [-0.05, 0) is 26.0 Å². The van der Waals surface area contributed by atoms with E-state index >= 15 is 0 Å². The van der Waals surface area contributed by atoms with Crippen molar-refractivity contribution in [3.05, 3.63) is 24.3 Å². The molecule has 0 radical (unpaired) electrons. The van der Waals surface area contributed by atoms with E-state index in [0.717, 1.165) is 0 Å². The van der Waals surface area contributed by atoms with Crippen LogP contribution in [0.5, 0.6) is 5.75 Å². The average molecular weight is 383 g/mol. The quantitative estimate of drug-likeness (QED) is 0.636. The van der Waals surface area contributed by atoms with Crippen LogP contribution in [0.2, 0.25) is 0 Å². The van der Waals surface area contributed by atoms with Crippen molar-refractivity contribution in [1.29, 1.82) is 0 Å². The fourth-order valence-electron chi connectivity index (χ4n) is 2.40. The number of hydrogen-bond acceptors (Lipinski definition) is 9. The Morgan fingerprint density at radius 2 is 1.88 bits per heavy atom. The molecule has 4 N–H and O–H groups in total. The zero-order valence-electron chi connectivity index (χ0n) is 15.2. The third-order valence-corrected chi connectivity index (χ3v) is 5.42. The van der Waals surface area contributed by atoms with Crippen molar-refractivity contribution in [3.8, 4) is 5.75 Å². The maximum absolute atomic E-state index is 12.1. The van der Waals surface area contributed by atoms with Crippen molar-refractivity contribution in [2.75, 3.05) is 19.0 Å². The summed E-state index contributed by atoms with van der Waals surface area (Å²) in [4.78, 5) is 13.9. The second-order valence-electron chi connectivity index (χ2n) is 6.11. The van der Waals surface area contributed by atoms with E-state index in [-0.39, 0.29) is 35.8 Å². The zero-order chi connectivity index (χ0) is 19.4. The number of sulfone groups is 1. The number of nitrogens with two attached hydrogens (primary N) is 2. The smallest absolute Gasteiger partial charge is 0.226 e. The Morgan fingerprint density at radius 3 is 2.54 bits per heavy atom. The summed E-state index contributed by atoms with van der Waals surface area (Å²) in [6.45, 7) is 5.76. The minimum Gasteiger partial charge on any atom is -0.492 e. The number of ether oxygens (including phenoxy) is 1. The van der Waals surface area contributed by atoms with Gasteiger partial charge in [0, 0.05) is 6.42 Å². The SMILES string of the molecule is CCS(=O)(=O)c1ccccc1OCCCON1C(N)=NC(N)=NC1(C)C. The van der Waals surface area contributed by atoms with Crippen molar-refractivity contribution in [1.82, 2.24) is 5.06 Å². The molecule has 9 nitrogen and oxygen atoms in total. The van der Waals surface area contributed by atoms with E-state index < -0.39 is 15.5 Å². The van der Waals surface area contributed by atoms with Gasteiger partial charge in [0.05, 0.1) is 19.0 Å². The van der Waals surface area contributed by atoms with Gasteiger partial charge in [-0.15, -0.1) is 0 Å². The summed E-state index contributed by atoms with van der Waals surface area (Å²) >= 11 is 0. The Kier molecular flexibility index (Phi) is 6.09. The lowest BCUT2D eigenvalue weighted by Gasteiger charge is -2.36. The third-order valence-electron chi connectivity index (χ3n) is 3.65. The van der Waals surface area contributed by atoms with Crippen molar-refractivity contribution in [2.45, 2.75) is 37.8 Å². The number of guanidine groups is 2. The van der Waals surface area contributed by atoms with E-state index in [4.69, 9.17) is 21.0 Å². The maximum atomic E-state index is 12.1. The van der Waals surface area contributed by atoms with Crippen LogP contribution in [-0.4, -0.2) is 50.0 Å². The van der Waals surface area contributed by atoms with Gasteiger partial charge in [0.2, 0.25) is 11.9 Å². The first kappa shape index (κ1) is 20.0. The van der Waals surface area contributed by atoms with E-state index in [9.17, 15) is 8.42 Å². The van der Waals surface area contributed by atoms with Crippen LogP contribution >= 0.6 is 0 Å². The summed E-state index contributed by atoms with van der Waals surface area (Å²) < 4.78 is 29.8. The summed E-state index contributed by atoms with van der Waals surface area (Å²) in [5, 5.41) is 1.39. The number of rotatable bonds is 8. The topological polar surface area (TPSA) is 133 Å². The van der Waals surface area contributed by atoms with Crippen LogP contribution in [0, 0.1) is 0 Å². The van der Waals surface area contributed by atoms with Crippen molar-refractivity contribution in [2.24, 2.45) is 21.5 Å². The van der Waals surface area contributed by atoms with Gasteiger partial charge < -0.3 is 16.2 Å². The van der Waals surface area contributed by atoms with Crippen molar-refractivity contribution < 1.29 is 18.0 Å². The van der Waals surface area contributed by atoms with Crippen LogP contribution in [0.15, 0.2) is 39.1 Å². The molecular formula is C16H25N5O4S. The Balaban J connectivity index is 1.88. The van der Waals surface area contributed by atoms with Gasteiger partial charge >= 0.3 is 0 Å². The van der Waals surface area contributed by atoms with Gasteiger partial charge in [-0.3, -0.25) is 4.84 Å². The molecule has 2 rings (SSSR count). The van der Waals surface area contributed by atoms with Crippen LogP contribution in [0.3, 0.4) is 0 Å². The number of aliphatic imine (C=N–C) groups is 2. The fourth-order valence-corrected chi connectivity index (χ4v) is 3.43. The summed E-state index contributed by atoms with van der Waals surface area (Å²) in [6, 6.07) is 6.58. The van der Waals surface area contributed by atoms with Crippen molar-refractivity contribution >= 4 is 21.8 Å². The summed E-state index contributed by atoms with van der Waals surface area (Å²) in [5.41, 5.74) is 10.7. The highest BCUT2D eigenvalue weighted by atomic mass is 32.2. The van der Waals surface area contributed by atoms with Crippen LogP contribution < -0.4 is 16.2 Å². The minimum absolute atomic E-state index is 0.0167. The highest BCUT2D eigenvalue weighted by Crippen LogP contribution is 2.24. The van der Waals surface area contributed by atoms with Crippen LogP contribution in [0.4, 0.5) is 0 Å². The third kappa shape index (κ3) is 4.64. The standard InChI is InChI=1S/C16H25N5O4S/c1-4-26(22,23)13-9-6-5-8-12(13)24-10-7-11-25-21-15(18)19-14(17)20-16(21,2)3/h5-6,8-9H,4,7,10-11H2,1-3H3,(H4,17,18,19,20). The second-order valence-corrected chi connectivity index (χ2v) is 8.36. The molecule has 0 aromatic heterocycles. The molecule has 1 aliphatic heterocycles. The summed E-state index contributed by atoms with van der Waals surface area (Å²) in [7, 11) is -3.34. The zero-order valence-corrected chi connectivity index (χ0v) is 16.0. The Labute approximate surface area is 153 Å². The normalized spacial score (nSPS) is 16.8. The van der Waals surface area contributed by atoms with Crippen LogP contribution in [0.25, 0.3) is 0 Å². The van der Waals surface area contributed by atoms with Crippen LogP contribution in [0.1, 0.15) is 27.2 Å². The Morgan fingerprint density at radius 1 is 1.19 bits per heavy atom. The molecule has 144 valence electrons. The van der Waals surface area contributed by atoms with Crippen LogP contribution in [-0.2, 0) is 14.7 Å². The number of hydroxylamine groups is 2. The van der Waals surface area contributed by atoms with Gasteiger partial charge in [-0.1, -0.05) is 19.1 Å². The monoisotopic (exact) mass is 383 g/mol. The largest absolute Gasteiger partial charge is 0.492 e.